The van der Waals surface area contributed by atoms with Gasteiger partial charge in [0.1, 0.15) is 5.37 Å². The molecular weight excluding hydrogens is 312 g/mol. The van der Waals surface area contributed by atoms with Crippen LogP contribution in [0.4, 0.5) is 0 Å². The summed E-state index contributed by atoms with van der Waals surface area (Å²) in [7, 11) is 1.54. The number of phenols is 1. The van der Waals surface area contributed by atoms with Crippen LogP contribution in [0.5, 0.6) is 11.5 Å². The van der Waals surface area contributed by atoms with Crippen LogP contribution in [0.1, 0.15) is 30.2 Å². The molecule has 0 radical (unpaired) electrons. The Labute approximate surface area is 141 Å². The number of methoxy groups -OCH3 is 1. The molecule has 6 heteroatoms. The molecule has 1 aromatic rings. The maximum absolute atomic E-state index is 12.3. The third-order valence-corrected chi connectivity index (χ3v) is 5.98. The first kappa shape index (κ1) is 16.5. The summed E-state index contributed by atoms with van der Waals surface area (Å²) < 4.78 is 5.20. The Bertz CT molecular complexity index is 561. The summed E-state index contributed by atoms with van der Waals surface area (Å²) in [6.07, 6.45) is 3.95. The number of thioether (sulfide) groups is 1. The van der Waals surface area contributed by atoms with Crippen LogP contribution in [-0.4, -0.2) is 55.0 Å². The standard InChI is InChI=1S/C17H24N2O3S/c1-22-15-11-13(5-6-14(15)20)17-19(16(21)12-23-17)10-9-18-7-3-2-4-8-18/h5-6,11,17,20H,2-4,7-10,12H2,1H3/p+1/t17-/m1/s1. The molecule has 0 aromatic heterocycles. The highest BCUT2D eigenvalue weighted by Gasteiger charge is 2.33. The molecule has 0 bridgehead atoms. The molecule has 2 N–H and O–H groups in total. The molecule has 2 aliphatic rings. The quantitative estimate of drug-likeness (QED) is 0.843. The van der Waals surface area contributed by atoms with Crippen molar-refractivity contribution in [2.45, 2.75) is 24.6 Å². The Morgan fingerprint density at radius 1 is 1.35 bits per heavy atom. The molecule has 5 nitrogen and oxygen atoms in total. The molecule has 0 unspecified atom stereocenters. The monoisotopic (exact) mass is 337 g/mol. The van der Waals surface area contributed by atoms with Crippen molar-refractivity contribution >= 4 is 17.7 Å². The van der Waals surface area contributed by atoms with E-state index in [0.29, 0.717) is 11.5 Å². The molecule has 126 valence electrons. The van der Waals surface area contributed by atoms with E-state index in [-0.39, 0.29) is 17.0 Å². The number of carbonyl (C=O) groups is 1. The van der Waals surface area contributed by atoms with Crippen molar-refractivity contribution in [3.05, 3.63) is 23.8 Å². The lowest BCUT2D eigenvalue weighted by molar-refractivity contribution is -0.904. The van der Waals surface area contributed by atoms with Crippen LogP contribution in [0.3, 0.4) is 0 Å². The molecule has 0 aliphatic carbocycles. The number of ether oxygens (including phenoxy) is 1. The molecule has 0 spiro atoms. The van der Waals surface area contributed by atoms with Crippen molar-refractivity contribution in [3.8, 4) is 11.5 Å². The second-order valence-corrected chi connectivity index (χ2v) is 7.31. The molecule has 1 aromatic carbocycles. The largest absolute Gasteiger partial charge is 0.504 e. The van der Waals surface area contributed by atoms with E-state index in [1.54, 1.807) is 29.8 Å². The average molecular weight is 337 g/mol. The maximum Gasteiger partial charge on any atom is 0.234 e. The molecule has 1 amide bonds. The first-order valence-corrected chi connectivity index (χ1v) is 9.35. The number of likely N-dealkylation sites (tertiary alicyclic amines) is 1. The number of hydrogen-bond acceptors (Lipinski definition) is 4. The topological polar surface area (TPSA) is 54.2 Å². The normalized spacial score (nSPS) is 22.6. The predicted molar refractivity (Wildman–Crippen MR) is 91.0 cm³/mol. The minimum Gasteiger partial charge on any atom is -0.504 e. The highest BCUT2D eigenvalue weighted by Crippen LogP contribution is 2.40. The third kappa shape index (κ3) is 3.75. The number of benzene rings is 1. The highest BCUT2D eigenvalue weighted by molar-refractivity contribution is 8.00. The van der Waals surface area contributed by atoms with Crippen LogP contribution >= 0.6 is 11.8 Å². The van der Waals surface area contributed by atoms with Gasteiger partial charge in [0.15, 0.2) is 11.5 Å². The molecule has 2 saturated heterocycles. The summed E-state index contributed by atoms with van der Waals surface area (Å²) in [6, 6.07) is 5.37. The van der Waals surface area contributed by atoms with E-state index in [9.17, 15) is 9.90 Å². The lowest BCUT2D eigenvalue weighted by Gasteiger charge is -2.28. The molecule has 2 heterocycles. The number of hydrogen-bond donors (Lipinski definition) is 2. The number of quaternary nitrogens is 1. The second-order valence-electron chi connectivity index (χ2n) is 6.24. The lowest BCUT2D eigenvalue weighted by Crippen LogP contribution is -3.13. The zero-order valence-corrected chi connectivity index (χ0v) is 14.4. The first-order valence-electron chi connectivity index (χ1n) is 8.30. The molecule has 23 heavy (non-hydrogen) atoms. The second kappa shape index (κ2) is 7.45. The first-order chi connectivity index (χ1) is 11.2. The van der Waals surface area contributed by atoms with E-state index < -0.39 is 0 Å². The van der Waals surface area contributed by atoms with Crippen molar-refractivity contribution in [1.82, 2.24) is 4.90 Å². The lowest BCUT2D eigenvalue weighted by atomic mass is 10.1. The third-order valence-electron chi connectivity index (χ3n) is 4.72. The molecular formula is C17H25N2O3S+. The summed E-state index contributed by atoms with van der Waals surface area (Å²) in [5, 5.41) is 9.78. The maximum atomic E-state index is 12.3. The number of nitrogens with one attached hydrogen (secondary N) is 1. The molecule has 2 fully saturated rings. The minimum absolute atomic E-state index is 0.0289. The average Bonchev–Trinajstić information content (AvgIpc) is 2.95. The fourth-order valence-electron chi connectivity index (χ4n) is 3.40. The summed E-state index contributed by atoms with van der Waals surface area (Å²) in [4.78, 5) is 15.9. The van der Waals surface area contributed by atoms with Crippen molar-refractivity contribution in [3.63, 3.8) is 0 Å². The van der Waals surface area contributed by atoms with Crippen molar-refractivity contribution in [2.75, 3.05) is 39.0 Å². The van der Waals surface area contributed by atoms with Gasteiger partial charge in [-0.1, -0.05) is 6.07 Å². The molecule has 1 atom stereocenters. The summed E-state index contributed by atoms with van der Waals surface area (Å²) in [5.41, 5.74) is 1.02. The Balaban J connectivity index is 1.69. The smallest absolute Gasteiger partial charge is 0.234 e. The SMILES string of the molecule is COc1cc([C@H]2SCC(=O)N2CC[NH+]2CCCCC2)ccc1O. The number of nitrogens with zero attached hydrogens (tertiary/aromatic N) is 1. The van der Waals surface area contributed by atoms with E-state index in [1.807, 2.05) is 17.0 Å². The number of amides is 1. The molecule has 3 rings (SSSR count). The van der Waals surface area contributed by atoms with Gasteiger partial charge in [0, 0.05) is 0 Å². The summed E-state index contributed by atoms with van der Waals surface area (Å²) in [6.45, 7) is 4.28. The van der Waals surface area contributed by atoms with Crippen LogP contribution < -0.4 is 9.64 Å². The fraction of sp³-hybridized carbons (Fsp3) is 0.588. The van der Waals surface area contributed by atoms with Gasteiger partial charge in [0.2, 0.25) is 5.91 Å². The van der Waals surface area contributed by atoms with Gasteiger partial charge >= 0.3 is 0 Å². The van der Waals surface area contributed by atoms with Crippen molar-refractivity contribution in [1.29, 1.82) is 0 Å². The van der Waals surface area contributed by atoms with Crippen molar-refractivity contribution in [2.24, 2.45) is 0 Å². The van der Waals surface area contributed by atoms with Gasteiger partial charge in [-0.3, -0.25) is 4.79 Å². The number of piperidine rings is 1. The minimum atomic E-state index is 0.0289. The van der Waals surface area contributed by atoms with Gasteiger partial charge in [-0.2, -0.15) is 0 Å². The van der Waals surface area contributed by atoms with Crippen LogP contribution in [0.2, 0.25) is 0 Å². The van der Waals surface area contributed by atoms with Gasteiger partial charge in [-0.05, 0) is 37.0 Å². The Morgan fingerprint density at radius 2 is 2.13 bits per heavy atom. The Kier molecular flexibility index (Phi) is 5.33. The van der Waals surface area contributed by atoms with Crippen molar-refractivity contribution < 1.29 is 19.5 Å². The van der Waals surface area contributed by atoms with Gasteiger partial charge in [-0.15, -0.1) is 11.8 Å². The van der Waals surface area contributed by atoms with E-state index in [1.165, 1.54) is 32.4 Å². The summed E-state index contributed by atoms with van der Waals surface area (Å²) in [5.74, 6) is 1.34. The van der Waals surface area contributed by atoms with Gasteiger partial charge in [-0.25, -0.2) is 0 Å². The van der Waals surface area contributed by atoms with Gasteiger partial charge in [0.05, 0.1) is 39.0 Å². The number of carbonyl (C=O) groups excluding carboxylic acids is 1. The predicted octanol–water partition coefficient (Wildman–Crippen LogP) is 1.04. The zero-order chi connectivity index (χ0) is 16.2. The van der Waals surface area contributed by atoms with E-state index in [0.717, 1.165) is 18.7 Å². The number of phenolic OH excluding ortho intramolecular Hbond substituents is 1. The zero-order valence-electron chi connectivity index (χ0n) is 13.6. The van der Waals surface area contributed by atoms with E-state index in [2.05, 4.69) is 0 Å². The Hall–Kier alpha value is -1.40. The van der Waals surface area contributed by atoms with Crippen LogP contribution in [0.15, 0.2) is 18.2 Å². The number of rotatable bonds is 5. The van der Waals surface area contributed by atoms with Crippen LogP contribution in [0, 0.1) is 0 Å². The van der Waals surface area contributed by atoms with Gasteiger partial charge < -0.3 is 19.6 Å². The van der Waals surface area contributed by atoms with Crippen LogP contribution in [0.25, 0.3) is 0 Å². The summed E-state index contributed by atoms with van der Waals surface area (Å²) >= 11 is 1.65. The fourth-order valence-corrected chi connectivity index (χ4v) is 4.61. The van der Waals surface area contributed by atoms with Crippen LogP contribution in [-0.2, 0) is 4.79 Å². The van der Waals surface area contributed by atoms with E-state index in [4.69, 9.17) is 4.74 Å². The van der Waals surface area contributed by atoms with E-state index >= 15 is 0 Å². The highest BCUT2D eigenvalue weighted by atomic mass is 32.2. The molecule has 2 aliphatic heterocycles. The number of aromatic hydroxyl groups is 1. The van der Waals surface area contributed by atoms with Gasteiger partial charge in [0.25, 0.3) is 0 Å². The molecule has 0 saturated carbocycles. The Morgan fingerprint density at radius 3 is 2.87 bits per heavy atom.